The molecule has 4 rings (SSSR count). The predicted octanol–water partition coefficient (Wildman–Crippen LogP) is 5.53. The summed E-state index contributed by atoms with van der Waals surface area (Å²) in [7, 11) is 0. The second-order valence-electron chi connectivity index (χ2n) is 8.18. The molecule has 0 radical (unpaired) electrons. The molecule has 2 fully saturated rings. The Labute approximate surface area is 178 Å². The first-order valence-corrected chi connectivity index (χ1v) is 11.0. The molecule has 1 aromatic carbocycles. The van der Waals surface area contributed by atoms with Gasteiger partial charge in [0, 0.05) is 37.6 Å². The first-order chi connectivity index (χ1) is 14.1. The summed E-state index contributed by atoms with van der Waals surface area (Å²) >= 11 is 6.28. The van der Waals surface area contributed by atoms with E-state index in [9.17, 15) is 4.79 Å². The van der Waals surface area contributed by atoms with Crippen molar-refractivity contribution >= 4 is 29.1 Å². The maximum Gasteiger partial charge on any atom is 0.322 e. The fourth-order valence-corrected chi connectivity index (χ4v) is 4.77. The highest BCUT2D eigenvalue weighted by Crippen LogP contribution is 2.33. The number of rotatable bonds is 3. The van der Waals surface area contributed by atoms with Gasteiger partial charge in [-0.25, -0.2) is 9.78 Å². The highest BCUT2D eigenvalue weighted by molar-refractivity contribution is 6.32. The fraction of sp³-hybridized carbons (Fsp3) is 0.478. The van der Waals surface area contributed by atoms with Crippen molar-refractivity contribution in [3.8, 4) is 0 Å². The number of pyridine rings is 1. The van der Waals surface area contributed by atoms with Gasteiger partial charge in [0.05, 0.1) is 5.02 Å². The number of carbonyl (C=O) groups excluding carboxylic acids is 1. The van der Waals surface area contributed by atoms with Crippen molar-refractivity contribution in [2.75, 3.05) is 29.9 Å². The minimum Gasteiger partial charge on any atom is -0.352 e. The van der Waals surface area contributed by atoms with Crippen LogP contribution in [0.25, 0.3) is 0 Å². The third-order valence-corrected chi connectivity index (χ3v) is 6.46. The van der Waals surface area contributed by atoms with Gasteiger partial charge in [0.2, 0.25) is 0 Å². The molecule has 2 aliphatic rings. The van der Waals surface area contributed by atoms with Gasteiger partial charge in [-0.2, -0.15) is 0 Å². The minimum absolute atomic E-state index is 0.0466. The SMILES string of the molecule is C[C@@H]1CN(c2ncccc2Cl)CCN1C(=O)Nc1ccc(C2CCCCC2)cc1. The number of anilines is 2. The van der Waals surface area contributed by atoms with Gasteiger partial charge in [0.25, 0.3) is 0 Å². The summed E-state index contributed by atoms with van der Waals surface area (Å²) in [5.41, 5.74) is 2.26. The Kier molecular flexibility index (Phi) is 6.24. The number of amides is 2. The molecule has 1 atom stereocenters. The molecule has 2 amide bonds. The molecule has 5 nitrogen and oxygen atoms in total. The van der Waals surface area contributed by atoms with E-state index in [1.807, 2.05) is 29.2 Å². The van der Waals surface area contributed by atoms with Crippen LogP contribution in [0.15, 0.2) is 42.6 Å². The summed E-state index contributed by atoms with van der Waals surface area (Å²) in [6.07, 6.45) is 8.35. The van der Waals surface area contributed by atoms with Crippen LogP contribution >= 0.6 is 11.6 Å². The topological polar surface area (TPSA) is 48.5 Å². The molecule has 1 saturated heterocycles. The van der Waals surface area contributed by atoms with Crippen molar-refractivity contribution in [3.05, 3.63) is 53.2 Å². The summed E-state index contributed by atoms with van der Waals surface area (Å²) in [6, 6.07) is 12.1. The lowest BCUT2D eigenvalue weighted by Gasteiger charge is -2.40. The van der Waals surface area contributed by atoms with E-state index in [0.717, 1.165) is 18.1 Å². The van der Waals surface area contributed by atoms with Crippen LogP contribution in [-0.4, -0.2) is 41.6 Å². The molecule has 29 heavy (non-hydrogen) atoms. The Morgan fingerprint density at radius 3 is 2.55 bits per heavy atom. The molecular weight excluding hydrogens is 384 g/mol. The van der Waals surface area contributed by atoms with E-state index < -0.39 is 0 Å². The summed E-state index contributed by atoms with van der Waals surface area (Å²) in [4.78, 5) is 21.3. The molecule has 0 unspecified atom stereocenters. The summed E-state index contributed by atoms with van der Waals surface area (Å²) in [5, 5.41) is 3.71. The quantitative estimate of drug-likeness (QED) is 0.721. The van der Waals surface area contributed by atoms with Crippen LogP contribution in [0.2, 0.25) is 5.02 Å². The molecule has 0 spiro atoms. The molecule has 1 aliphatic carbocycles. The summed E-state index contributed by atoms with van der Waals surface area (Å²) in [5.74, 6) is 1.47. The van der Waals surface area contributed by atoms with Crippen LogP contribution in [0.5, 0.6) is 0 Å². The average Bonchev–Trinajstić information content (AvgIpc) is 2.75. The van der Waals surface area contributed by atoms with E-state index >= 15 is 0 Å². The lowest BCUT2D eigenvalue weighted by Crippen LogP contribution is -2.55. The monoisotopic (exact) mass is 412 g/mol. The highest BCUT2D eigenvalue weighted by Gasteiger charge is 2.29. The van der Waals surface area contributed by atoms with Crippen molar-refractivity contribution < 1.29 is 4.79 Å². The largest absolute Gasteiger partial charge is 0.352 e. The molecule has 1 aromatic heterocycles. The lowest BCUT2D eigenvalue weighted by molar-refractivity contribution is 0.184. The Balaban J connectivity index is 1.35. The van der Waals surface area contributed by atoms with E-state index in [1.165, 1.54) is 37.7 Å². The number of halogens is 1. The molecule has 0 bridgehead atoms. The van der Waals surface area contributed by atoms with Gasteiger partial charge in [0.15, 0.2) is 0 Å². The van der Waals surface area contributed by atoms with Gasteiger partial charge >= 0.3 is 6.03 Å². The third kappa shape index (κ3) is 4.67. The minimum atomic E-state index is -0.0466. The molecule has 1 N–H and O–H groups in total. The Morgan fingerprint density at radius 1 is 1.10 bits per heavy atom. The smallest absolute Gasteiger partial charge is 0.322 e. The van der Waals surface area contributed by atoms with Crippen LogP contribution in [0, 0.1) is 0 Å². The number of piperazine rings is 1. The van der Waals surface area contributed by atoms with Crippen molar-refractivity contribution in [2.45, 2.75) is 51.0 Å². The maximum absolute atomic E-state index is 12.8. The van der Waals surface area contributed by atoms with E-state index in [1.54, 1.807) is 6.20 Å². The second kappa shape index (κ2) is 9.04. The van der Waals surface area contributed by atoms with Crippen LogP contribution in [-0.2, 0) is 0 Å². The molecule has 2 aromatic rings. The van der Waals surface area contributed by atoms with Crippen molar-refractivity contribution in [2.24, 2.45) is 0 Å². The average molecular weight is 413 g/mol. The van der Waals surface area contributed by atoms with Crippen molar-refractivity contribution in [1.82, 2.24) is 9.88 Å². The van der Waals surface area contributed by atoms with Crippen molar-refractivity contribution in [3.63, 3.8) is 0 Å². The number of hydrogen-bond acceptors (Lipinski definition) is 3. The van der Waals surface area contributed by atoms with E-state index in [-0.39, 0.29) is 12.1 Å². The van der Waals surface area contributed by atoms with Crippen LogP contribution < -0.4 is 10.2 Å². The molecule has 1 saturated carbocycles. The molecular formula is C23H29ClN4O. The Bertz CT molecular complexity index is 835. The van der Waals surface area contributed by atoms with Crippen LogP contribution in [0.4, 0.5) is 16.3 Å². The van der Waals surface area contributed by atoms with E-state index in [4.69, 9.17) is 11.6 Å². The summed E-state index contributed by atoms with van der Waals surface area (Å²) < 4.78 is 0. The number of aromatic nitrogens is 1. The fourth-order valence-electron chi connectivity index (χ4n) is 4.53. The number of carbonyl (C=O) groups is 1. The normalized spacial score (nSPS) is 20.6. The maximum atomic E-state index is 12.8. The van der Waals surface area contributed by atoms with Gasteiger partial charge in [-0.15, -0.1) is 0 Å². The lowest BCUT2D eigenvalue weighted by atomic mass is 9.84. The van der Waals surface area contributed by atoms with Gasteiger partial charge in [0.1, 0.15) is 5.82 Å². The molecule has 2 heterocycles. The Morgan fingerprint density at radius 2 is 1.86 bits per heavy atom. The summed E-state index contributed by atoms with van der Waals surface area (Å²) in [6.45, 7) is 4.13. The van der Waals surface area contributed by atoms with E-state index in [0.29, 0.717) is 24.0 Å². The first kappa shape index (κ1) is 20.0. The number of hydrogen-bond donors (Lipinski definition) is 1. The molecule has 6 heteroatoms. The number of benzene rings is 1. The van der Waals surface area contributed by atoms with Gasteiger partial charge in [-0.1, -0.05) is 43.0 Å². The van der Waals surface area contributed by atoms with Crippen molar-refractivity contribution in [1.29, 1.82) is 0 Å². The second-order valence-corrected chi connectivity index (χ2v) is 8.59. The zero-order valence-electron chi connectivity index (χ0n) is 17.0. The number of nitrogens with zero attached hydrogens (tertiary/aromatic N) is 3. The van der Waals surface area contributed by atoms with Gasteiger partial charge in [-0.3, -0.25) is 0 Å². The zero-order chi connectivity index (χ0) is 20.2. The predicted molar refractivity (Wildman–Crippen MR) is 119 cm³/mol. The van der Waals surface area contributed by atoms with Crippen LogP contribution in [0.1, 0.15) is 50.5 Å². The molecule has 154 valence electrons. The first-order valence-electron chi connectivity index (χ1n) is 10.6. The zero-order valence-corrected chi connectivity index (χ0v) is 17.7. The standard InChI is InChI=1S/C23H29ClN4O/c1-17-16-27(22-21(24)8-5-13-25-22)14-15-28(17)23(29)26-20-11-9-19(10-12-20)18-6-3-2-4-7-18/h5,8-13,17-18H,2-4,6-7,14-16H2,1H3,(H,26,29)/t17-/m1/s1. The number of nitrogens with one attached hydrogen (secondary N) is 1. The highest BCUT2D eigenvalue weighted by atomic mass is 35.5. The number of urea groups is 1. The van der Waals surface area contributed by atoms with Crippen LogP contribution in [0.3, 0.4) is 0 Å². The Hall–Kier alpha value is -2.27. The van der Waals surface area contributed by atoms with Gasteiger partial charge < -0.3 is 15.1 Å². The molecule has 1 aliphatic heterocycles. The van der Waals surface area contributed by atoms with Gasteiger partial charge in [-0.05, 0) is 55.5 Å². The van der Waals surface area contributed by atoms with E-state index in [2.05, 4.69) is 34.3 Å². The third-order valence-electron chi connectivity index (χ3n) is 6.17.